The van der Waals surface area contributed by atoms with Crippen LogP contribution in [0.2, 0.25) is 0 Å². The minimum atomic E-state index is -1.29. The molecule has 0 radical (unpaired) electrons. The number of hydrogen-bond acceptors (Lipinski definition) is 3. The van der Waals surface area contributed by atoms with Gasteiger partial charge < -0.3 is 10.4 Å². The summed E-state index contributed by atoms with van der Waals surface area (Å²) >= 11 is 0. The Hall–Kier alpha value is -1.20. The van der Waals surface area contributed by atoms with Crippen molar-refractivity contribution < 1.29 is 14.1 Å². The van der Waals surface area contributed by atoms with Crippen molar-refractivity contribution in [2.45, 2.75) is 13.3 Å². The summed E-state index contributed by atoms with van der Waals surface area (Å²) in [5.74, 6) is -0.223. The van der Waals surface area contributed by atoms with E-state index in [1.807, 2.05) is 24.3 Å². The maximum absolute atomic E-state index is 11.5. The van der Waals surface area contributed by atoms with Crippen molar-refractivity contribution in [3.63, 3.8) is 0 Å². The van der Waals surface area contributed by atoms with Crippen LogP contribution >= 0.6 is 0 Å². The van der Waals surface area contributed by atoms with Crippen LogP contribution in [-0.2, 0) is 22.0 Å². The Morgan fingerprint density at radius 3 is 2.53 bits per heavy atom. The Kier molecular flexibility index (Phi) is 5.86. The van der Waals surface area contributed by atoms with Crippen molar-refractivity contribution in [3.8, 4) is 0 Å². The van der Waals surface area contributed by atoms with Crippen LogP contribution in [0.4, 0.5) is 5.69 Å². The average molecular weight is 255 g/mol. The number of aliphatic hydroxyl groups is 1. The molecule has 1 aromatic carbocycles. The second-order valence-electron chi connectivity index (χ2n) is 3.61. The van der Waals surface area contributed by atoms with E-state index in [0.717, 1.165) is 6.42 Å². The second kappa shape index (κ2) is 7.19. The standard InChI is InChI=1S/C12H17NO3S/c1-2-10-3-5-11(6-4-10)13-12(15)9-17(16)8-7-14/h3-6,14H,2,7-9H2,1H3,(H,13,15). The van der Waals surface area contributed by atoms with E-state index >= 15 is 0 Å². The molecule has 0 fully saturated rings. The van der Waals surface area contributed by atoms with Crippen LogP contribution in [0.5, 0.6) is 0 Å². The molecular weight excluding hydrogens is 238 g/mol. The third-order valence-electron chi connectivity index (χ3n) is 2.26. The monoisotopic (exact) mass is 255 g/mol. The van der Waals surface area contributed by atoms with E-state index in [1.54, 1.807) is 0 Å². The molecule has 94 valence electrons. The fraction of sp³-hybridized carbons (Fsp3) is 0.417. The molecule has 0 aliphatic rings. The van der Waals surface area contributed by atoms with E-state index in [1.165, 1.54) is 5.56 Å². The molecule has 0 heterocycles. The molecule has 1 aromatic rings. The lowest BCUT2D eigenvalue weighted by Gasteiger charge is -2.05. The highest BCUT2D eigenvalue weighted by molar-refractivity contribution is 7.85. The van der Waals surface area contributed by atoms with Crippen LogP contribution in [0.1, 0.15) is 12.5 Å². The highest BCUT2D eigenvalue weighted by Gasteiger charge is 2.07. The molecule has 4 nitrogen and oxygen atoms in total. The molecule has 1 rings (SSSR count). The highest BCUT2D eigenvalue weighted by atomic mass is 32.2. The Morgan fingerprint density at radius 1 is 1.35 bits per heavy atom. The zero-order valence-corrected chi connectivity index (χ0v) is 10.6. The molecule has 0 bridgehead atoms. The van der Waals surface area contributed by atoms with Crippen LogP contribution < -0.4 is 5.32 Å². The van der Waals surface area contributed by atoms with Crippen LogP contribution in [-0.4, -0.2) is 33.3 Å². The maximum atomic E-state index is 11.5. The summed E-state index contributed by atoms with van der Waals surface area (Å²) in [6.07, 6.45) is 0.953. The fourth-order valence-corrected chi connectivity index (χ4v) is 2.05. The molecule has 0 saturated heterocycles. The molecule has 0 aromatic heterocycles. The number of aryl methyl sites for hydroxylation is 1. The maximum Gasteiger partial charge on any atom is 0.236 e. The summed E-state index contributed by atoms with van der Waals surface area (Å²) in [5.41, 5.74) is 1.90. The van der Waals surface area contributed by atoms with E-state index in [9.17, 15) is 9.00 Å². The quantitative estimate of drug-likeness (QED) is 0.794. The summed E-state index contributed by atoms with van der Waals surface area (Å²) < 4.78 is 11.2. The second-order valence-corrected chi connectivity index (χ2v) is 5.19. The van der Waals surface area contributed by atoms with Gasteiger partial charge in [0, 0.05) is 22.2 Å². The highest BCUT2D eigenvalue weighted by Crippen LogP contribution is 2.09. The van der Waals surface area contributed by atoms with Crippen molar-refractivity contribution in [3.05, 3.63) is 29.8 Å². The third-order valence-corrected chi connectivity index (χ3v) is 3.48. The summed E-state index contributed by atoms with van der Waals surface area (Å²) in [6, 6.07) is 7.54. The first-order valence-corrected chi connectivity index (χ1v) is 6.99. The summed E-state index contributed by atoms with van der Waals surface area (Å²) in [5, 5.41) is 11.2. The molecule has 2 N–H and O–H groups in total. The average Bonchev–Trinajstić information content (AvgIpc) is 2.30. The lowest BCUT2D eigenvalue weighted by molar-refractivity contribution is -0.113. The number of rotatable bonds is 6. The van der Waals surface area contributed by atoms with E-state index in [0.29, 0.717) is 5.69 Å². The van der Waals surface area contributed by atoms with Crippen molar-refractivity contribution in [1.29, 1.82) is 0 Å². The first kappa shape index (κ1) is 13.9. The molecule has 0 saturated carbocycles. The first-order valence-electron chi connectivity index (χ1n) is 5.50. The fourth-order valence-electron chi connectivity index (χ4n) is 1.34. The van der Waals surface area contributed by atoms with Gasteiger partial charge in [0.15, 0.2) is 0 Å². The molecule has 0 spiro atoms. The number of benzene rings is 1. The Balaban J connectivity index is 2.47. The van der Waals surface area contributed by atoms with Crippen LogP contribution in [0.15, 0.2) is 24.3 Å². The molecular formula is C12H17NO3S. The number of amides is 1. The van der Waals surface area contributed by atoms with E-state index in [4.69, 9.17) is 5.11 Å². The van der Waals surface area contributed by atoms with Crippen molar-refractivity contribution >= 4 is 22.4 Å². The van der Waals surface area contributed by atoms with E-state index in [2.05, 4.69) is 12.2 Å². The SMILES string of the molecule is CCc1ccc(NC(=O)CS(=O)CCO)cc1. The van der Waals surface area contributed by atoms with E-state index < -0.39 is 10.8 Å². The lowest BCUT2D eigenvalue weighted by Crippen LogP contribution is -2.21. The topological polar surface area (TPSA) is 66.4 Å². The van der Waals surface area contributed by atoms with Gasteiger partial charge in [-0.15, -0.1) is 0 Å². The number of carbonyl (C=O) groups is 1. The summed E-state index contributed by atoms with van der Waals surface area (Å²) in [7, 11) is -1.29. The van der Waals surface area contributed by atoms with Gasteiger partial charge in [-0.05, 0) is 24.1 Å². The number of anilines is 1. The molecule has 0 aliphatic carbocycles. The van der Waals surface area contributed by atoms with Crippen molar-refractivity contribution in [1.82, 2.24) is 0 Å². The van der Waals surface area contributed by atoms with Gasteiger partial charge in [-0.3, -0.25) is 9.00 Å². The van der Waals surface area contributed by atoms with Gasteiger partial charge in [0.25, 0.3) is 0 Å². The molecule has 1 unspecified atom stereocenters. The van der Waals surface area contributed by atoms with E-state index in [-0.39, 0.29) is 24.0 Å². The minimum absolute atomic E-state index is 0.0733. The first-order chi connectivity index (χ1) is 8.15. The van der Waals surface area contributed by atoms with Crippen molar-refractivity contribution in [2.24, 2.45) is 0 Å². The normalized spacial score (nSPS) is 12.1. The Morgan fingerprint density at radius 2 is 2.00 bits per heavy atom. The molecule has 0 aliphatic heterocycles. The Bertz CT molecular complexity index is 389. The van der Waals surface area contributed by atoms with Crippen molar-refractivity contribution in [2.75, 3.05) is 23.4 Å². The molecule has 5 heteroatoms. The summed E-state index contributed by atoms with van der Waals surface area (Å²) in [4.78, 5) is 11.5. The van der Waals surface area contributed by atoms with Gasteiger partial charge in [0.1, 0.15) is 5.75 Å². The lowest BCUT2D eigenvalue weighted by atomic mass is 10.1. The van der Waals surface area contributed by atoms with Gasteiger partial charge in [0.05, 0.1) is 6.61 Å². The smallest absolute Gasteiger partial charge is 0.236 e. The predicted octanol–water partition coefficient (Wildman–Crippen LogP) is 0.928. The summed E-state index contributed by atoms with van der Waals surface area (Å²) in [6.45, 7) is 1.90. The predicted molar refractivity (Wildman–Crippen MR) is 69.4 cm³/mol. The van der Waals surface area contributed by atoms with Gasteiger partial charge in [-0.2, -0.15) is 0 Å². The van der Waals surface area contributed by atoms with Crippen LogP contribution in [0.25, 0.3) is 0 Å². The molecule has 17 heavy (non-hydrogen) atoms. The molecule has 1 atom stereocenters. The largest absolute Gasteiger partial charge is 0.395 e. The van der Waals surface area contributed by atoms with Gasteiger partial charge in [-0.1, -0.05) is 19.1 Å². The van der Waals surface area contributed by atoms with Gasteiger partial charge >= 0.3 is 0 Å². The minimum Gasteiger partial charge on any atom is -0.395 e. The third kappa shape index (κ3) is 5.10. The van der Waals surface area contributed by atoms with Gasteiger partial charge in [-0.25, -0.2) is 0 Å². The number of nitrogens with one attached hydrogen (secondary N) is 1. The van der Waals surface area contributed by atoms with Crippen LogP contribution in [0, 0.1) is 0 Å². The van der Waals surface area contributed by atoms with Gasteiger partial charge in [0.2, 0.25) is 5.91 Å². The number of aliphatic hydroxyl groups excluding tert-OH is 1. The number of hydrogen-bond donors (Lipinski definition) is 2. The Labute approximate surface area is 104 Å². The van der Waals surface area contributed by atoms with Crippen LogP contribution in [0.3, 0.4) is 0 Å². The molecule has 1 amide bonds. The zero-order valence-electron chi connectivity index (χ0n) is 9.81. The number of carbonyl (C=O) groups excluding carboxylic acids is 1. The zero-order chi connectivity index (χ0) is 12.7.